The lowest BCUT2D eigenvalue weighted by Gasteiger charge is -1.96. The van der Waals surface area contributed by atoms with Crippen molar-refractivity contribution in [3.63, 3.8) is 0 Å². The molecular formula is C13H15IN10. The van der Waals surface area contributed by atoms with E-state index in [1.807, 2.05) is 20.8 Å². The molecule has 4 aromatic heterocycles. The summed E-state index contributed by atoms with van der Waals surface area (Å²) in [7, 11) is 0. The molecule has 0 amide bonds. The van der Waals surface area contributed by atoms with E-state index in [2.05, 4.69) is 52.7 Å². The Labute approximate surface area is 150 Å². The number of fused-ring (bicyclic) bond motifs is 2. The van der Waals surface area contributed by atoms with Crippen molar-refractivity contribution in [2.75, 3.05) is 11.5 Å². The second-order valence-corrected chi connectivity index (χ2v) is 6.03. The van der Waals surface area contributed by atoms with Crippen LogP contribution in [0.2, 0.25) is 0 Å². The molecule has 0 aliphatic heterocycles. The maximum absolute atomic E-state index is 5.66. The molecule has 4 heterocycles. The van der Waals surface area contributed by atoms with Crippen molar-refractivity contribution in [2.45, 2.75) is 20.8 Å². The van der Waals surface area contributed by atoms with Crippen molar-refractivity contribution in [3.8, 4) is 0 Å². The number of hydrogen-bond acceptors (Lipinski definition) is 8. The average molecular weight is 438 g/mol. The number of anilines is 2. The van der Waals surface area contributed by atoms with Crippen LogP contribution in [-0.4, -0.2) is 39.2 Å². The van der Waals surface area contributed by atoms with E-state index in [9.17, 15) is 0 Å². The number of hydrogen-bond donors (Lipinski definition) is 2. The molecule has 0 unspecified atom stereocenters. The fourth-order valence-electron chi connectivity index (χ4n) is 2.34. The fraction of sp³-hybridized carbons (Fsp3) is 0.231. The first-order chi connectivity index (χ1) is 11.4. The minimum absolute atomic E-state index is 0.468. The molecule has 0 atom stereocenters. The highest BCUT2D eigenvalue weighted by molar-refractivity contribution is 14.1. The summed E-state index contributed by atoms with van der Waals surface area (Å²) in [5, 5.41) is 8.05. The van der Waals surface area contributed by atoms with Gasteiger partial charge in [0.15, 0.2) is 11.6 Å². The van der Waals surface area contributed by atoms with Crippen molar-refractivity contribution < 1.29 is 0 Å². The van der Waals surface area contributed by atoms with Crippen LogP contribution in [0.1, 0.15) is 17.3 Å². The van der Waals surface area contributed by atoms with Gasteiger partial charge in [0.2, 0.25) is 0 Å². The Bertz CT molecular complexity index is 950. The van der Waals surface area contributed by atoms with Crippen LogP contribution in [0, 0.1) is 24.5 Å². The van der Waals surface area contributed by atoms with E-state index in [-0.39, 0.29) is 0 Å². The van der Waals surface area contributed by atoms with Crippen molar-refractivity contribution >= 4 is 45.3 Å². The van der Waals surface area contributed by atoms with E-state index in [1.165, 1.54) is 12.7 Å². The summed E-state index contributed by atoms with van der Waals surface area (Å²) in [4.78, 5) is 16.2. The first-order valence-electron chi connectivity index (χ1n) is 6.94. The Morgan fingerprint density at radius 3 is 1.88 bits per heavy atom. The third-order valence-electron chi connectivity index (χ3n) is 3.38. The average Bonchev–Trinajstić information content (AvgIpc) is 2.99. The Balaban J connectivity index is 0.000000141. The van der Waals surface area contributed by atoms with Crippen molar-refractivity contribution in [2.24, 2.45) is 0 Å². The number of nitrogens with zero attached hydrogens (tertiary/aromatic N) is 8. The van der Waals surface area contributed by atoms with Crippen LogP contribution < -0.4 is 11.5 Å². The van der Waals surface area contributed by atoms with Gasteiger partial charge in [0.1, 0.15) is 39.0 Å². The van der Waals surface area contributed by atoms with Gasteiger partial charge in [-0.2, -0.15) is 10.2 Å². The van der Waals surface area contributed by atoms with E-state index in [1.54, 1.807) is 9.03 Å². The highest BCUT2D eigenvalue weighted by Crippen LogP contribution is 2.17. The minimum atomic E-state index is 0.468. The third-order valence-corrected chi connectivity index (χ3v) is 4.13. The maximum atomic E-state index is 5.66. The molecule has 0 fully saturated rings. The zero-order valence-electron chi connectivity index (χ0n) is 13.3. The number of halogens is 1. The molecule has 0 bridgehead atoms. The van der Waals surface area contributed by atoms with Gasteiger partial charge in [0, 0.05) is 0 Å². The zero-order chi connectivity index (χ0) is 17.4. The Kier molecular flexibility index (Phi) is 4.17. The maximum Gasteiger partial charge on any atom is 0.154 e. The van der Waals surface area contributed by atoms with Gasteiger partial charge in [-0.25, -0.2) is 29.0 Å². The molecule has 0 saturated carbocycles. The summed E-state index contributed by atoms with van der Waals surface area (Å²) in [5.74, 6) is 2.60. The van der Waals surface area contributed by atoms with Crippen LogP contribution in [0.25, 0.3) is 11.0 Å². The van der Waals surface area contributed by atoms with E-state index in [0.29, 0.717) is 11.6 Å². The second kappa shape index (κ2) is 6.14. The van der Waals surface area contributed by atoms with Crippen LogP contribution in [0.3, 0.4) is 0 Å². The van der Waals surface area contributed by atoms with Gasteiger partial charge in [0.05, 0.1) is 5.69 Å². The molecule has 4 N–H and O–H groups in total. The van der Waals surface area contributed by atoms with E-state index in [0.717, 1.165) is 32.1 Å². The molecule has 0 saturated heterocycles. The second-order valence-electron chi connectivity index (χ2n) is 5.01. The predicted octanol–water partition coefficient (Wildman–Crippen LogP) is 0.943. The summed E-state index contributed by atoms with van der Waals surface area (Å²) in [6.07, 6.45) is 2.85. The number of aromatic nitrogens is 8. The van der Waals surface area contributed by atoms with Gasteiger partial charge in [-0.3, -0.25) is 0 Å². The van der Waals surface area contributed by atoms with Crippen LogP contribution >= 0.6 is 22.6 Å². The quantitative estimate of drug-likeness (QED) is 0.387. The van der Waals surface area contributed by atoms with E-state index in [4.69, 9.17) is 11.5 Å². The minimum Gasteiger partial charge on any atom is -0.382 e. The van der Waals surface area contributed by atoms with E-state index < -0.39 is 0 Å². The number of nitrogen functional groups attached to an aromatic ring is 2. The van der Waals surface area contributed by atoms with Gasteiger partial charge in [-0.15, -0.1) is 0 Å². The molecule has 4 aromatic rings. The smallest absolute Gasteiger partial charge is 0.154 e. The molecule has 124 valence electrons. The number of nitrogens with two attached hydrogens (primary N) is 2. The molecule has 4 rings (SSSR count). The molecule has 24 heavy (non-hydrogen) atoms. The molecule has 0 radical (unpaired) electrons. The van der Waals surface area contributed by atoms with Gasteiger partial charge in [-0.1, -0.05) is 0 Å². The normalized spacial score (nSPS) is 10.8. The SMILES string of the molecule is Cc1nc(C)n2ncnc(N)c12.Cc1nc(I)c2c(N)ncnn12. The highest BCUT2D eigenvalue weighted by atomic mass is 127. The zero-order valence-corrected chi connectivity index (χ0v) is 15.4. The van der Waals surface area contributed by atoms with Gasteiger partial charge < -0.3 is 11.5 Å². The number of rotatable bonds is 0. The number of imidazole rings is 2. The van der Waals surface area contributed by atoms with Crippen molar-refractivity contribution in [1.82, 2.24) is 39.2 Å². The number of aryl methyl sites for hydroxylation is 3. The predicted molar refractivity (Wildman–Crippen MR) is 97.3 cm³/mol. The molecule has 0 aromatic carbocycles. The summed E-state index contributed by atoms with van der Waals surface area (Å²) >= 11 is 2.11. The topological polar surface area (TPSA) is 138 Å². The lowest BCUT2D eigenvalue weighted by molar-refractivity contribution is 0.855. The summed E-state index contributed by atoms with van der Waals surface area (Å²) in [5.41, 5.74) is 13.8. The Morgan fingerprint density at radius 1 is 0.833 bits per heavy atom. The van der Waals surface area contributed by atoms with Gasteiger partial charge >= 0.3 is 0 Å². The molecular weight excluding hydrogens is 423 g/mol. The summed E-state index contributed by atoms with van der Waals surface area (Å²) in [6, 6.07) is 0. The first kappa shape index (κ1) is 16.3. The third kappa shape index (κ3) is 2.70. The molecule has 0 spiro atoms. The highest BCUT2D eigenvalue weighted by Gasteiger charge is 2.09. The standard InChI is InChI=1S/C7H9N5.C6H6IN5/c1-4-6-7(8)9-3-10-12(6)5(2)11-4;1-3-11-5(7)4-6(8)9-2-10-12(3)4/h3H,1-2H3,(H2,8,9,10);2H,1H3,(H2,8,9,10). The Morgan fingerprint density at radius 2 is 1.33 bits per heavy atom. The largest absolute Gasteiger partial charge is 0.382 e. The van der Waals surface area contributed by atoms with Crippen LogP contribution in [0.4, 0.5) is 11.6 Å². The van der Waals surface area contributed by atoms with Crippen LogP contribution in [-0.2, 0) is 0 Å². The van der Waals surface area contributed by atoms with E-state index >= 15 is 0 Å². The van der Waals surface area contributed by atoms with Crippen molar-refractivity contribution in [3.05, 3.63) is 33.7 Å². The first-order valence-corrected chi connectivity index (χ1v) is 8.01. The summed E-state index contributed by atoms with van der Waals surface area (Å²) < 4.78 is 4.21. The van der Waals surface area contributed by atoms with Gasteiger partial charge in [0.25, 0.3) is 0 Å². The fourth-order valence-corrected chi connectivity index (χ4v) is 3.20. The molecule has 11 heteroatoms. The monoisotopic (exact) mass is 438 g/mol. The van der Waals surface area contributed by atoms with Gasteiger partial charge in [-0.05, 0) is 43.4 Å². The molecule has 0 aliphatic carbocycles. The Hall–Kier alpha value is -2.57. The molecule has 0 aliphatic rings. The lowest BCUT2D eigenvalue weighted by atomic mass is 10.4. The van der Waals surface area contributed by atoms with Crippen molar-refractivity contribution in [1.29, 1.82) is 0 Å². The van der Waals surface area contributed by atoms with Crippen LogP contribution in [0.15, 0.2) is 12.7 Å². The lowest BCUT2D eigenvalue weighted by Crippen LogP contribution is -2.00. The molecule has 10 nitrogen and oxygen atoms in total. The summed E-state index contributed by atoms with van der Waals surface area (Å²) in [6.45, 7) is 5.65. The van der Waals surface area contributed by atoms with Crippen LogP contribution in [0.5, 0.6) is 0 Å².